The van der Waals surface area contributed by atoms with Gasteiger partial charge in [-0.25, -0.2) is 8.42 Å². The van der Waals surface area contributed by atoms with Crippen molar-refractivity contribution in [1.29, 1.82) is 0 Å². The normalized spacial score (nSPS) is 15.0. The van der Waals surface area contributed by atoms with Crippen LogP contribution < -0.4 is 4.90 Å². The van der Waals surface area contributed by atoms with Gasteiger partial charge in [0.25, 0.3) is 0 Å². The molecule has 0 spiro atoms. The third-order valence-electron chi connectivity index (χ3n) is 4.20. The van der Waals surface area contributed by atoms with Crippen LogP contribution >= 0.6 is 0 Å². The second kappa shape index (κ2) is 8.09. The third kappa shape index (κ3) is 5.03. The molecule has 0 aliphatic carbocycles. The van der Waals surface area contributed by atoms with Gasteiger partial charge in [0, 0.05) is 18.8 Å². The molecule has 1 heterocycles. The molecule has 134 valence electrons. The molecule has 1 aromatic carbocycles. The summed E-state index contributed by atoms with van der Waals surface area (Å²) in [5, 5.41) is 0. The first-order valence-corrected chi connectivity index (χ1v) is 10.1. The Hall–Kier alpha value is -1.44. The van der Waals surface area contributed by atoms with E-state index in [1.807, 2.05) is 43.3 Å². The SMILES string of the molecule is CN(C)CCCN(CC(=O)N1CCCc2ccccc21)S(C)(=O)=O. The molecule has 0 N–H and O–H groups in total. The van der Waals surface area contributed by atoms with Crippen molar-refractivity contribution in [2.75, 3.05) is 51.4 Å². The molecule has 1 aliphatic rings. The standard InChI is InChI=1S/C17H27N3O3S/c1-18(2)11-7-12-19(24(3,22)23)14-17(21)20-13-6-9-15-8-4-5-10-16(15)20/h4-5,8,10H,6-7,9,11-14H2,1-3H3. The van der Waals surface area contributed by atoms with E-state index in [0.717, 1.165) is 30.6 Å². The Labute approximate surface area is 145 Å². The maximum absolute atomic E-state index is 12.7. The highest BCUT2D eigenvalue weighted by Crippen LogP contribution is 2.26. The average molecular weight is 353 g/mol. The Balaban J connectivity index is 2.08. The van der Waals surface area contributed by atoms with Crippen molar-refractivity contribution < 1.29 is 13.2 Å². The van der Waals surface area contributed by atoms with Crippen LogP contribution in [0.2, 0.25) is 0 Å². The zero-order valence-electron chi connectivity index (χ0n) is 14.7. The summed E-state index contributed by atoms with van der Waals surface area (Å²) in [4.78, 5) is 16.5. The molecular weight excluding hydrogens is 326 g/mol. The molecule has 6 nitrogen and oxygen atoms in total. The lowest BCUT2D eigenvalue weighted by Crippen LogP contribution is -2.45. The first kappa shape index (κ1) is 18.9. The Morgan fingerprint density at radius 3 is 2.58 bits per heavy atom. The minimum Gasteiger partial charge on any atom is -0.311 e. The summed E-state index contributed by atoms with van der Waals surface area (Å²) in [6.07, 6.45) is 3.73. The molecule has 0 saturated heterocycles. The summed E-state index contributed by atoms with van der Waals surface area (Å²) in [6.45, 7) is 1.69. The molecule has 24 heavy (non-hydrogen) atoms. The van der Waals surface area contributed by atoms with E-state index in [1.54, 1.807) is 4.90 Å². The fourth-order valence-electron chi connectivity index (χ4n) is 2.95. The quantitative estimate of drug-likeness (QED) is 0.738. The summed E-state index contributed by atoms with van der Waals surface area (Å²) >= 11 is 0. The molecule has 1 aliphatic heterocycles. The molecule has 0 bridgehead atoms. The molecule has 0 saturated carbocycles. The monoisotopic (exact) mass is 353 g/mol. The minimum atomic E-state index is -3.41. The number of rotatable bonds is 7. The number of para-hydroxylation sites is 1. The van der Waals surface area contributed by atoms with E-state index >= 15 is 0 Å². The van der Waals surface area contributed by atoms with Crippen LogP contribution in [0.4, 0.5) is 5.69 Å². The Kier molecular flexibility index (Phi) is 6.37. The predicted octanol–water partition coefficient (Wildman–Crippen LogP) is 1.18. The van der Waals surface area contributed by atoms with Gasteiger partial charge >= 0.3 is 0 Å². The van der Waals surface area contributed by atoms with Crippen LogP contribution in [0.15, 0.2) is 24.3 Å². The van der Waals surface area contributed by atoms with Crippen LogP contribution in [-0.4, -0.2) is 70.1 Å². The van der Waals surface area contributed by atoms with Crippen LogP contribution in [0, 0.1) is 0 Å². The van der Waals surface area contributed by atoms with Gasteiger partial charge in [0.1, 0.15) is 0 Å². The van der Waals surface area contributed by atoms with E-state index in [9.17, 15) is 13.2 Å². The van der Waals surface area contributed by atoms with Gasteiger partial charge in [0.15, 0.2) is 0 Å². The van der Waals surface area contributed by atoms with E-state index < -0.39 is 10.0 Å². The van der Waals surface area contributed by atoms with Crippen molar-refractivity contribution in [3.8, 4) is 0 Å². The fraction of sp³-hybridized carbons (Fsp3) is 0.588. The number of carbonyl (C=O) groups excluding carboxylic acids is 1. The van der Waals surface area contributed by atoms with E-state index in [0.29, 0.717) is 19.5 Å². The van der Waals surface area contributed by atoms with E-state index in [-0.39, 0.29) is 12.5 Å². The van der Waals surface area contributed by atoms with Gasteiger partial charge in [0.05, 0.1) is 12.8 Å². The fourth-order valence-corrected chi connectivity index (χ4v) is 3.76. The van der Waals surface area contributed by atoms with Crippen molar-refractivity contribution >= 4 is 21.6 Å². The molecule has 7 heteroatoms. The summed E-state index contributed by atoms with van der Waals surface area (Å²) < 4.78 is 25.3. The van der Waals surface area contributed by atoms with Crippen molar-refractivity contribution in [1.82, 2.24) is 9.21 Å². The highest BCUT2D eigenvalue weighted by molar-refractivity contribution is 7.88. The lowest BCUT2D eigenvalue weighted by Gasteiger charge is -2.31. The topological polar surface area (TPSA) is 60.9 Å². The van der Waals surface area contributed by atoms with Crippen LogP contribution in [-0.2, 0) is 21.2 Å². The lowest BCUT2D eigenvalue weighted by atomic mass is 10.0. The Morgan fingerprint density at radius 2 is 1.92 bits per heavy atom. The number of anilines is 1. The van der Waals surface area contributed by atoms with Crippen molar-refractivity contribution in [3.63, 3.8) is 0 Å². The number of benzene rings is 1. The smallest absolute Gasteiger partial charge is 0.242 e. The van der Waals surface area contributed by atoms with Crippen LogP contribution in [0.5, 0.6) is 0 Å². The highest BCUT2D eigenvalue weighted by atomic mass is 32.2. The number of aryl methyl sites for hydroxylation is 1. The number of carbonyl (C=O) groups is 1. The molecule has 0 aromatic heterocycles. The summed E-state index contributed by atoms with van der Waals surface area (Å²) in [5.41, 5.74) is 2.06. The third-order valence-corrected chi connectivity index (χ3v) is 5.45. The molecule has 1 amide bonds. The molecule has 0 unspecified atom stereocenters. The maximum Gasteiger partial charge on any atom is 0.242 e. The zero-order chi connectivity index (χ0) is 17.7. The molecular formula is C17H27N3O3S. The molecule has 1 aromatic rings. The number of amides is 1. The number of hydrogen-bond acceptors (Lipinski definition) is 4. The van der Waals surface area contributed by atoms with Gasteiger partial charge < -0.3 is 9.80 Å². The van der Waals surface area contributed by atoms with Gasteiger partial charge in [0.2, 0.25) is 15.9 Å². The first-order chi connectivity index (χ1) is 11.3. The summed E-state index contributed by atoms with van der Waals surface area (Å²) in [6, 6.07) is 7.84. The van der Waals surface area contributed by atoms with Crippen molar-refractivity contribution in [3.05, 3.63) is 29.8 Å². The summed E-state index contributed by atoms with van der Waals surface area (Å²) in [7, 11) is 0.483. The maximum atomic E-state index is 12.7. The number of nitrogens with zero attached hydrogens (tertiary/aromatic N) is 3. The number of sulfonamides is 1. The van der Waals surface area contributed by atoms with Crippen LogP contribution in [0.1, 0.15) is 18.4 Å². The lowest BCUT2D eigenvalue weighted by molar-refractivity contribution is -0.118. The van der Waals surface area contributed by atoms with Crippen molar-refractivity contribution in [2.45, 2.75) is 19.3 Å². The average Bonchev–Trinajstić information content (AvgIpc) is 2.52. The second-order valence-corrected chi connectivity index (χ2v) is 8.51. The van der Waals surface area contributed by atoms with E-state index in [4.69, 9.17) is 0 Å². The largest absolute Gasteiger partial charge is 0.311 e. The number of fused-ring (bicyclic) bond motifs is 1. The van der Waals surface area contributed by atoms with Gasteiger partial charge in [-0.05, 0) is 51.5 Å². The number of hydrogen-bond donors (Lipinski definition) is 0. The molecule has 0 atom stereocenters. The van der Waals surface area contributed by atoms with Crippen LogP contribution in [0.3, 0.4) is 0 Å². The predicted molar refractivity (Wildman–Crippen MR) is 96.7 cm³/mol. The van der Waals surface area contributed by atoms with Crippen molar-refractivity contribution in [2.24, 2.45) is 0 Å². The Morgan fingerprint density at radius 1 is 1.21 bits per heavy atom. The Bertz CT molecular complexity index is 673. The first-order valence-electron chi connectivity index (χ1n) is 8.27. The van der Waals surface area contributed by atoms with E-state index in [1.165, 1.54) is 10.6 Å². The van der Waals surface area contributed by atoms with Crippen LogP contribution in [0.25, 0.3) is 0 Å². The second-order valence-electron chi connectivity index (χ2n) is 6.53. The van der Waals surface area contributed by atoms with E-state index in [2.05, 4.69) is 0 Å². The zero-order valence-corrected chi connectivity index (χ0v) is 15.6. The van der Waals surface area contributed by atoms with Gasteiger partial charge in [-0.3, -0.25) is 4.79 Å². The minimum absolute atomic E-state index is 0.0966. The highest BCUT2D eigenvalue weighted by Gasteiger charge is 2.26. The van der Waals surface area contributed by atoms with Gasteiger partial charge in [-0.2, -0.15) is 4.31 Å². The van der Waals surface area contributed by atoms with Gasteiger partial charge in [-0.1, -0.05) is 18.2 Å². The molecule has 0 radical (unpaired) electrons. The summed E-state index contributed by atoms with van der Waals surface area (Å²) in [5.74, 6) is -0.155. The molecule has 2 rings (SSSR count). The van der Waals surface area contributed by atoms with Gasteiger partial charge in [-0.15, -0.1) is 0 Å². The molecule has 0 fully saturated rings.